The normalized spacial score (nSPS) is 15.8. The van der Waals surface area contributed by atoms with E-state index in [0.717, 1.165) is 38.3 Å². The highest BCUT2D eigenvalue weighted by molar-refractivity contribution is 5.90. The van der Waals surface area contributed by atoms with Crippen molar-refractivity contribution in [2.45, 2.75) is 32.6 Å². The molecule has 0 saturated carbocycles. The van der Waals surface area contributed by atoms with E-state index < -0.39 is 0 Å². The number of rotatable bonds is 4. The Balaban J connectivity index is 1.48. The van der Waals surface area contributed by atoms with E-state index >= 15 is 0 Å². The molecule has 0 N–H and O–H groups in total. The van der Waals surface area contributed by atoms with Crippen LogP contribution in [-0.4, -0.2) is 33.4 Å². The number of carbonyl (C=O) groups is 1. The summed E-state index contributed by atoms with van der Waals surface area (Å²) in [6, 6.07) is 8.83. The first kappa shape index (κ1) is 15.8. The molecule has 2 aromatic rings. The summed E-state index contributed by atoms with van der Waals surface area (Å²) >= 11 is 0. The third-order valence-corrected chi connectivity index (χ3v) is 4.88. The molecule has 1 saturated heterocycles. The van der Waals surface area contributed by atoms with Crippen molar-refractivity contribution in [2.75, 3.05) is 13.1 Å². The zero-order valence-electron chi connectivity index (χ0n) is 14.0. The molecule has 2 heterocycles. The van der Waals surface area contributed by atoms with Crippen LogP contribution in [-0.2, 0) is 13.5 Å². The lowest BCUT2D eigenvalue weighted by Crippen LogP contribution is -2.39. The highest BCUT2D eigenvalue weighted by Gasteiger charge is 2.25. The van der Waals surface area contributed by atoms with Gasteiger partial charge in [-0.2, -0.15) is 0 Å². The summed E-state index contributed by atoms with van der Waals surface area (Å²) in [7, 11) is 1.87. The number of carbonyl (C=O) groups excluding carboxylic acids is 1. The Morgan fingerprint density at radius 1 is 1.22 bits per heavy atom. The maximum absolute atomic E-state index is 12.4. The van der Waals surface area contributed by atoms with E-state index in [9.17, 15) is 4.79 Å². The quantitative estimate of drug-likeness (QED) is 0.869. The number of benzene rings is 1. The third-order valence-electron chi connectivity index (χ3n) is 4.88. The van der Waals surface area contributed by atoms with Crippen molar-refractivity contribution in [3.63, 3.8) is 0 Å². The van der Waals surface area contributed by atoms with Crippen molar-refractivity contribution in [1.82, 2.24) is 14.5 Å². The molecule has 0 spiro atoms. The van der Waals surface area contributed by atoms with Crippen molar-refractivity contribution in [3.8, 4) is 0 Å². The van der Waals surface area contributed by atoms with Gasteiger partial charge in [0.25, 0.3) is 5.91 Å². The maximum Gasteiger partial charge on any atom is 0.289 e. The first-order chi connectivity index (χ1) is 11.1. The molecule has 1 aromatic heterocycles. The predicted octanol–water partition coefficient (Wildman–Crippen LogP) is 3.21. The van der Waals surface area contributed by atoms with Gasteiger partial charge < -0.3 is 9.47 Å². The van der Waals surface area contributed by atoms with E-state index in [1.54, 1.807) is 10.8 Å². The topological polar surface area (TPSA) is 38.1 Å². The Bertz CT molecular complexity index is 652. The fourth-order valence-corrected chi connectivity index (χ4v) is 3.26. The zero-order valence-corrected chi connectivity index (χ0v) is 14.0. The SMILES string of the molecule is Cc1ccc(CCC2CCN(C(=O)c3nccn3C)CC2)cc1. The molecule has 4 heteroatoms. The van der Waals surface area contributed by atoms with Gasteiger partial charge in [-0.05, 0) is 44.1 Å². The number of amides is 1. The van der Waals surface area contributed by atoms with Gasteiger partial charge in [-0.3, -0.25) is 4.79 Å². The monoisotopic (exact) mass is 311 g/mol. The van der Waals surface area contributed by atoms with Gasteiger partial charge in [0.15, 0.2) is 5.82 Å². The van der Waals surface area contributed by atoms with Crippen LogP contribution < -0.4 is 0 Å². The molecule has 3 rings (SSSR count). The largest absolute Gasteiger partial charge is 0.336 e. The second-order valence-corrected chi connectivity index (χ2v) is 6.62. The lowest BCUT2D eigenvalue weighted by molar-refractivity contribution is 0.0671. The molecule has 0 aliphatic carbocycles. The van der Waals surface area contributed by atoms with Crippen LogP contribution in [0.15, 0.2) is 36.7 Å². The molecule has 0 unspecified atom stereocenters. The van der Waals surface area contributed by atoms with Crippen LogP contribution in [0, 0.1) is 12.8 Å². The minimum atomic E-state index is 0.0643. The van der Waals surface area contributed by atoms with Crippen LogP contribution in [0.2, 0.25) is 0 Å². The molecule has 122 valence electrons. The minimum absolute atomic E-state index is 0.0643. The van der Waals surface area contributed by atoms with Crippen LogP contribution in [0.1, 0.15) is 41.0 Å². The molecular weight excluding hydrogens is 286 g/mol. The second kappa shape index (κ2) is 6.99. The van der Waals surface area contributed by atoms with Gasteiger partial charge >= 0.3 is 0 Å². The fourth-order valence-electron chi connectivity index (χ4n) is 3.26. The van der Waals surface area contributed by atoms with Crippen molar-refractivity contribution < 1.29 is 4.79 Å². The Morgan fingerprint density at radius 2 is 1.91 bits per heavy atom. The summed E-state index contributed by atoms with van der Waals surface area (Å²) in [5.74, 6) is 1.33. The van der Waals surface area contributed by atoms with Crippen LogP contribution >= 0.6 is 0 Å². The molecular formula is C19H25N3O. The van der Waals surface area contributed by atoms with Gasteiger partial charge in [0.1, 0.15) is 0 Å². The molecule has 0 radical (unpaired) electrons. The van der Waals surface area contributed by atoms with Crippen molar-refractivity contribution in [2.24, 2.45) is 13.0 Å². The van der Waals surface area contributed by atoms with Crippen molar-refractivity contribution >= 4 is 5.91 Å². The molecule has 1 aliphatic heterocycles. The third kappa shape index (κ3) is 3.81. The molecule has 0 bridgehead atoms. The molecule has 23 heavy (non-hydrogen) atoms. The van der Waals surface area contributed by atoms with Crippen LogP contribution in [0.5, 0.6) is 0 Å². The summed E-state index contributed by atoms with van der Waals surface area (Å²) in [5.41, 5.74) is 2.73. The fraction of sp³-hybridized carbons (Fsp3) is 0.474. The number of aromatic nitrogens is 2. The predicted molar refractivity (Wildman–Crippen MR) is 91.3 cm³/mol. The summed E-state index contributed by atoms with van der Waals surface area (Å²) in [6.45, 7) is 3.83. The van der Waals surface area contributed by atoms with E-state index in [2.05, 4.69) is 36.2 Å². The van der Waals surface area contributed by atoms with Crippen LogP contribution in [0.3, 0.4) is 0 Å². The minimum Gasteiger partial charge on any atom is -0.336 e. The van der Waals surface area contributed by atoms with E-state index in [1.807, 2.05) is 18.1 Å². The molecule has 1 aromatic carbocycles. The molecule has 1 aliphatic rings. The number of hydrogen-bond donors (Lipinski definition) is 0. The Morgan fingerprint density at radius 3 is 2.52 bits per heavy atom. The lowest BCUT2D eigenvalue weighted by Gasteiger charge is -2.31. The van der Waals surface area contributed by atoms with E-state index in [4.69, 9.17) is 0 Å². The zero-order chi connectivity index (χ0) is 16.2. The summed E-state index contributed by atoms with van der Waals surface area (Å²) < 4.78 is 1.80. The Hall–Kier alpha value is -2.10. The van der Waals surface area contributed by atoms with Gasteiger partial charge in [-0.1, -0.05) is 29.8 Å². The number of likely N-dealkylation sites (tertiary alicyclic amines) is 1. The maximum atomic E-state index is 12.4. The first-order valence-corrected chi connectivity index (χ1v) is 8.45. The number of piperidine rings is 1. The highest BCUT2D eigenvalue weighted by Crippen LogP contribution is 2.23. The second-order valence-electron chi connectivity index (χ2n) is 6.62. The number of imidazole rings is 1. The number of aryl methyl sites for hydroxylation is 3. The van der Waals surface area contributed by atoms with Crippen molar-refractivity contribution in [1.29, 1.82) is 0 Å². The number of nitrogens with zero attached hydrogens (tertiary/aromatic N) is 3. The van der Waals surface area contributed by atoms with Gasteiger partial charge in [0.05, 0.1) is 0 Å². The number of hydrogen-bond acceptors (Lipinski definition) is 2. The summed E-state index contributed by atoms with van der Waals surface area (Å²) in [5, 5.41) is 0. The lowest BCUT2D eigenvalue weighted by atomic mass is 9.90. The molecule has 1 amide bonds. The van der Waals surface area contributed by atoms with Crippen LogP contribution in [0.25, 0.3) is 0 Å². The van der Waals surface area contributed by atoms with Gasteiger partial charge in [-0.25, -0.2) is 4.98 Å². The van der Waals surface area contributed by atoms with Crippen LogP contribution in [0.4, 0.5) is 0 Å². The molecule has 1 fully saturated rings. The average molecular weight is 311 g/mol. The van der Waals surface area contributed by atoms with Crippen molar-refractivity contribution in [3.05, 3.63) is 53.6 Å². The molecule has 0 atom stereocenters. The highest BCUT2D eigenvalue weighted by atomic mass is 16.2. The standard InChI is InChI=1S/C19H25N3O/c1-15-3-5-16(6-4-15)7-8-17-9-12-22(13-10-17)19(23)18-20-11-14-21(18)2/h3-6,11,14,17H,7-10,12-13H2,1-2H3. The molecule has 4 nitrogen and oxygen atoms in total. The summed E-state index contributed by atoms with van der Waals surface area (Å²) in [4.78, 5) is 18.6. The van der Waals surface area contributed by atoms with Gasteiger partial charge in [0, 0.05) is 32.5 Å². The van der Waals surface area contributed by atoms with E-state index in [1.165, 1.54) is 17.5 Å². The van der Waals surface area contributed by atoms with Gasteiger partial charge in [-0.15, -0.1) is 0 Å². The Labute approximate surface area is 138 Å². The van der Waals surface area contributed by atoms with Gasteiger partial charge in [0.2, 0.25) is 0 Å². The first-order valence-electron chi connectivity index (χ1n) is 8.45. The summed E-state index contributed by atoms with van der Waals surface area (Å²) in [6.07, 6.45) is 8.05. The van der Waals surface area contributed by atoms with E-state index in [0.29, 0.717) is 5.82 Å². The average Bonchev–Trinajstić information content (AvgIpc) is 3.00. The van der Waals surface area contributed by atoms with E-state index in [-0.39, 0.29) is 5.91 Å². The smallest absolute Gasteiger partial charge is 0.289 e. The Kier molecular flexibility index (Phi) is 4.79.